The molecule has 1 N–H and O–H groups in total. The Morgan fingerprint density at radius 2 is 2.10 bits per heavy atom. The Kier molecular flexibility index (Phi) is 4.65. The van der Waals surface area contributed by atoms with Crippen molar-refractivity contribution in [1.29, 1.82) is 0 Å². The van der Waals surface area contributed by atoms with Gasteiger partial charge in [-0.25, -0.2) is 0 Å². The second kappa shape index (κ2) is 6.46. The van der Waals surface area contributed by atoms with E-state index in [1.807, 2.05) is 24.3 Å². The molecule has 3 unspecified atom stereocenters. The lowest BCUT2D eigenvalue weighted by Gasteiger charge is -2.32. The number of nitrogens with zero attached hydrogens (tertiary/aromatic N) is 1. The zero-order valence-electron chi connectivity index (χ0n) is 12.0. The van der Waals surface area contributed by atoms with E-state index in [0.717, 1.165) is 30.5 Å². The fraction of sp³-hybridized carbons (Fsp3) is 0.647. The predicted molar refractivity (Wildman–Crippen MR) is 83.0 cm³/mol. The molecule has 1 saturated heterocycles. The van der Waals surface area contributed by atoms with Crippen LogP contribution in [0.5, 0.6) is 0 Å². The summed E-state index contributed by atoms with van der Waals surface area (Å²) in [5, 5.41) is 11.0. The zero-order valence-corrected chi connectivity index (χ0v) is 12.7. The third-order valence-corrected chi connectivity index (χ3v) is 5.28. The maximum Gasteiger partial charge on any atom is 0.0802 e. The van der Waals surface area contributed by atoms with Gasteiger partial charge in [0.25, 0.3) is 0 Å². The number of benzene rings is 1. The van der Waals surface area contributed by atoms with Crippen LogP contribution < -0.4 is 0 Å². The van der Waals surface area contributed by atoms with Crippen LogP contribution >= 0.6 is 11.6 Å². The first kappa shape index (κ1) is 14.4. The summed E-state index contributed by atoms with van der Waals surface area (Å²) < 4.78 is 0. The summed E-state index contributed by atoms with van der Waals surface area (Å²) in [5.41, 5.74) is 0.942. The van der Waals surface area contributed by atoms with Crippen molar-refractivity contribution in [2.45, 2.75) is 50.7 Å². The molecule has 2 nitrogen and oxygen atoms in total. The van der Waals surface area contributed by atoms with E-state index in [9.17, 15) is 5.11 Å². The topological polar surface area (TPSA) is 23.5 Å². The maximum absolute atomic E-state index is 10.3. The van der Waals surface area contributed by atoms with Crippen molar-refractivity contribution < 1.29 is 5.11 Å². The maximum atomic E-state index is 10.3. The third kappa shape index (κ3) is 3.19. The fourth-order valence-corrected chi connectivity index (χ4v) is 4.15. The minimum atomic E-state index is -0.392. The largest absolute Gasteiger partial charge is 0.388 e. The van der Waals surface area contributed by atoms with Gasteiger partial charge in [0.15, 0.2) is 0 Å². The molecular formula is C17H24ClNO. The summed E-state index contributed by atoms with van der Waals surface area (Å²) in [6.07, 6.45) is 7.35. The van der Waals surface area contributed by atoms with Crippen LogP contribution in [-0.2, 0) is 0 Å². The Morgan fingerprint density at radius 1 is 1.25 bits per heavy atom. The van der Waals surface area contributed by atoms with Crippen LogP contribution in [0, 0.1) is 5.92 Å². The average molecular weight is 294 g/mol. The van der Waals surface area contributed by atoms with Gasteiger partial charge in [-0.3, -0.25) is 4.90 Å². The van der Waals surface area contributed by atoms with Gasteiger partial charge in [-0.15, -0.1) is 0 Å². The highest BCUT2D eigenvalue weighted by atomic mass is 35.5. The van der Waals surface area contributed by atoms with Crippen LogP contribution in [-0.4, -0.2) is 29.1 Å². The molecule has 3 heteroatoms. The third-order valence-electron chi connectivity index (χ3n) is 5.05. The monoisotopic (exact) mass is 293 g/mol. The van der Waals surface area contributed by atoms with E-state index in [1.165, 1.54) is 38.6 Å². The molecule has 20 heavy (non-hydrogen) atoms. The van der Waals surface area contributed by atoms with Crippen LogP contribution in [0.3, 0.4) is 0 Å². The number of aliphatic hydroxyl groups is 1. The molecule has 1 aromatic carbocycles. The van der Waals surface area contributed by atoms with Gasteiger partial charge < -0.3 is 5.11 Å². The van der Waals surface area contributed by atoms with Crippen molar-refractivity contribution in [3.05, 3.63) is 34.9 Å². The summed E-state index contributed by atoms with van der Waals surface area (Å²) in [6, 6.07) is 8.39. The van der Waals surface area contributed by atoms with Crippen LogP contribution in [0.2, 0.25) is 5.02 Å². The lowest BCUT2D eigenvalue weighted by molar-refractivity contribution is 0.123. The number of aliphatic hydroxyl groups excluding tert-OH is 1. The molecule has 1 heterocycles. The highest BCUT2D eigenvalue weighted by molar-refractivity contribution is 6.30. The predicted octanol–water partition coefficient (Wildman–Crippen LogP) is 4.03. The highest BCUT2D eigenvalue weighted by Crippen LogP contribution is 2.36. The summed E-state index contributed by atoms with van der Waals surface area (Å²) in [5.74, 6) is 0.923. The number of fused-ring (bicyclic) bond motifs is 1. The minimum absolute atomic E-state index is 0.392. The number of hydrogen-bond donors (Lipinski definition) is 1. The Morgan fingerprint density at radius 3 is 2.95 bits per heavy atom. The molecule has 3 rings (SSSR count). The first-order valence-corrected chi connectivity index (χ1v) is 8.29. The zero-order chi connectivity index (χ0) is 13.9. The smallest absolute Gasteiger partial charge is 0.0802 e. The van der Waals surface area contributed by atoms with Crippen molar-refractivity contribution >= 4 is 11.6 Å². The van der Waals surface area contributed by atoms with Gasteiger partial charge in [0.1, 0.15) is 0 Å². The van der Waals surface area contributed by atoms with Crippen LogP contribution in [0.4, 0.5) is 0 Å². The molecule has 110 valence electrons. The van der Waals surface area contributed by atoms with Gasteiger partial charge in [-0.1, -0.05) is 36.6 Å². The summed E-state index contributed by atoms with van der Waals surface area (Å²) in [4.78, 5) is 2.61. The minimum Gasteiger partial charge on any atom is -0.388 e. The van der Waals surface area contributed by atoms with Gasteiger partial charge >= 0.3 is 0 Å². The molecule has 1 saturated carbocycles. The molecule has 2 fully saturated rings. The van der Waals surface area contributed by atoms with E-state index >= 15 is 0 Å². The molecule has 1 aliphatic carbocycles. The Bertz CT molecular complexity index is 450. The average Bonchev–Trinajstić information content (AvgIpc) is 2.88. The molecular weight excluding hydrogens is 270 g/mol. The van der Waals surface area contributed by atoms with Crippen molar-refractivity contribution in [3.63, 3.8) is 0 Å². The molecule has 0 spiro atoms. The second-order valence-corrected chi connectivity index (χ2v) is 6.73. The van der Waals surface area contributed by atoms with Gasteiger partial charge in [0.2, 0.25) is 0 Å². The van der Waals surface area contributed by atoms with E-state index in [4.69, 9.17) is 11.6 Å². The van der Waals surface area contributed by atoms with Crippen LogP contribution in [0.15, 0.2) is 24.3 Å². The molecule has 0 aromatic heterocycles. The molecule has 1 aliphatic heterocycles. The first-order chi connectivity index (χ1) is 9.74. The summed E-state index contributed by atoms with van der Waals surface area (Å²) in [6.45, 7) is 2.23. The van der Waals surface area contributed by atoms with E-state index in [0.29, 0.717) is 5.02 Å². The number of halogens is 1. The molecule has 0 bridgehead atoms. The highest BCUT2D eigenvalue weighted by Gasteiger charge is 2.35. The Balaban J connectivity index is 1.54. The van der Waals surface area contributed by atoms with Crippen molar-refractivity contribution in [3.8, 4) is 0 Å². The quantitative estimate of drug-likeness (QED) is 0.906. The van der Waals surface area contributed by atoms with Gasteiger partial charge in [0, 0.05) is 17.6 Å². The molecule has 0 amide bonds. The van der Waals surface area contributed by atoms with Crippen molar-refractivity contribution in [1.82, 2.24) is 4.90 Å². The summed E-state index contributed by atoms with van der Waals surface area (Å²) in [7, 11) is 0. The van der Waals surface area contributed by atoms with Gasteiger partial charge in [0.05, 0.1) is 6.10 Å². The molecule has 0 radical (unpaired) electrons. The van der Waals surface area contributed by atoms with E-state index in [-0.39, 0.29) is 0 Å². The van der Waals surface area contributed by atoms with Crippen molar-refractivity contribution in [2.24, 2.45) is 5.92 Å². The lowest BCUT2D eigenvalue weighted by atomic mass is 9.85. The lowest BCUT2D eigenvalue weighted by Crippen LogP contribution is -2.35. The van der Waals surface area contributed by atoms with Crippen molar-refractivity contribution in [2.75, 3.05) is 13.1 Å². The van der Waals surface area contributed by atoms with Crippen LogP contribution in [0.25, 0.3) is 0 Å². The second-order valence-electron chi connectivity index (χ2n) is 6.30. The molecule has 1 aromatic rings. The van der Waals surface area contributed by atoms with E-state index in [1.54, 1.807) is 0 Å². The van der Waals surface area contributed by atoms with E-state index in [2.05, 4.69) is 4.90 Å². The first-order valence-electron chi connectivity index (χ1n) is 7.91. The Labute approximate surface area is 126 Å². The van der Waals surface area contributed by atoms with E-state index < -0.39 is 6.10 Å². The molecule has 3 atom stereocenters. The SMILES string of the molecule is OC(CCN1CCC2CCCCC21)c1cccc(Cl)c1. The number of likely N-dealkylation sites (tertiary alicyclic amines) is 1. The normalized spacial score (nSPS) is 28.3. The summed E-state index contributed by atoms with van der Waals surface area (Å²) >= 11 is 5.99. The number of hydrogen-bond acceptors (Lipinski definition) is 2. The van der Waals surface area contributed by atoms with Gasteiger partial charge in [-0.2, -0.15) is 0 Å². The Hall–Kier alpha value is -0.570. The fourth-order valence-electron chi connectivity index (χ4n) is 3.95. The van der Waals surface area contributed by atoms with Crippen LogP contribution in [0.1, 0.15) is 50.2 Å². The number of rotatable bonds is 4. The molecule has 2 aliphatic rings. The standard InChI is InChI=1S/C17H24ClNO/c18-15-6-3-5-14(12-15)17(20)9-11-19-10-8-13-4-1-2-7-16(13)19/h3,5-6,12-13,16-17,20H,1-2,4,7-11H2. The van der Waals surface area contributed by atoms with Gasteiger partial charge in [-0.05, 0) is 55.8 Å².